The molecule has 8 heteroatoms. The summed E-state index contributed by atoms with van der Waals surface area (Å²) >= 11 is 0. The van der Waals surface area contributed by atoms with Gasteiger partial charge < -0.3 is 4.74 Å². The first kappa shape index (κ1) is 18.6. The topological polar surface area (TPSA) is 43.2 Å². The van der Waals surface area contributed by atoms with Gasteiger partial charge in [-0.1, -0.05) is 36.4 Å². The van der Waals surface area contributed by atoms with Crippen LogP contribution in [-0.2, 0) is 24.0 Å². The molecule has 0 saturated carbocycles. The van der Waals surface area contributed by atoms with E-state index in [4.69, 9.17) is 4.74 Å². The molecule has 0 aliphatic carbocycles. The molecule has 2 heterocycles. The van der Waals surface area contributed by atoms with Crippen molar-refractivity contribution in [3.63, 3.8) is 0 Å². The van der Waals surface area contributed by atoms with E-state index in [1.165, 1.54) is 12.1 Å². The minimum Gasteiger partial charge on any atom is -0.378 e. The van der Waals surface area contributed by atoms with Crippen molar-refractivity contribution in [1.82, 2.24) is 19.7 Å². The Morgan fingerprint density at radius 3 is 2.39 bits per heavy atom. The molecule has 1 aliphatic heterocycles. The highest BCUT2D eigenvalue weighted by atomic mass is 19.4. The molecule has 4 rings (SSSR count). The normalized spacial score (nSPS) is 15.0. The second kappa shape index (κ2) is 7.73. The summed E-state index contributed by atoms with van der Waals surface area (Å²) in [5.41, 5.74) is 0.509. The molecule has 0 amide bonds. The Bertz CT molecular complexity index is 922. The van der Waals surface area contributed by atoms with Gasteiger partial charge in [-0.3, -0.25) is 4.90 Å². The first-order chi connectivity index (χ1) is 13.5. The SMILES string of the molecule is FC(F)(F)c1ccccc1CN(Cc1ncn(-c2ccccc2)n1)C1COC1. The number of nitrogens with zero attached hydrogens (tertiary/aromatic N) is 4. The van der Waals surface area contributed by atoms with Crippen LogP contribution in [0, 0.1) is 0 Å². The van der Waals surface area contributed by atoms with Gasteiger partial charge in [0.25, 0.3) is 0 Å². The number of benzene rings is 2. The van der Waals surface area contributed by atoms with E-state index < -0.39 is 11.7 Å². The van der Waals surface area contributed by atoms with E-state index in [-0.39, 0.29) is 18.2 Å². The molecule has 0 N–H and O–H groups in total. The Labute approximate surface area is 160 Å². The van der Waals surface area contributed by atoms with Gasteiger partial charge in [0, 0.05) is 6.54 Å². The number of ether oxygens (including phenoxy) is 1. The monoisotopic (exact) mass is 388 g/mol. The highest BCUT2D eigenvalue weighted by molar-refractivity contribution is 5.30. The molecule has 0 unspecified atom stereocenters. The van der Waals surface area contributed by atoms with Crippen LogP contribution in [0.4, 0.5) is 13.2 Å². The maximum Gasteiger partial charge on any atom is 0.416 e. The summed E-state index contributed by atoms with van der Waals surface area (Å²) in [5.74, 6) is 0.556. The molecule has 1 saturated heterocycles. The molecule has 1 aromatic heterocycles. The number of rotatable bonds is 6. The van der Waals surface area contributed by atoms with Crippen LogP contribution in [0.5, 0.6) is 0 Å². The molecule has 28 heavy (non-hydrogen) atoms. The molecule has 1 fully saturated rings. The maximum absolute atomic E-state index is 13.3. The van der Waals surface area contributed by atoms with Crippen LogP contribution in [0.1, 0.15) is 17.0 Å². The Morgan fingerprint density at radius 1 is 1.00 bits per heavy atom. The zero-order valence-electron chi connectivity index (χ0n) is 15.0. The van der Waals surface area contributed by atoms with Crippen LogP contribution in [0.25, 0.3) is 5.69 Å². The van der Waals surface area contributed by atoms with Crippen molar-refractivity contribution in [3.8, 4) is 5.69 Å². The van der Waals surface area contributed by atoms with E-state index in [2.05, 4.69) is 10.1 Å². The molecule has 0 radical (unpaired) electrons. The van der Waals surface area contributed by atoms with Crippen LogP contribution < -0.4 is 0 Å². The van der Waals surface area contributed by atoms with Gasteiger partial charge >= 0.3 is 6.18 Å². The standard InChI is InChI=1S/C20H19F3N4O/c21-20(22,23)18-9-5-4-6-15(18)10-26(17-12-28-13-17)11-19-24-14-27(25-19)16-7-2-1-3-8-16/h1-9,14,17H,10-13H2. The Hall–Kier alpha value is -2.71. The molecule has 0 atom stereocenters. The Balaban J connectivity index is 1.55. The van der Waals surface area contributed by atoms with E-state index in [1.54, 1.807) is 17.1 Å². The highest BCUT2D eigenvalue weighted by Crippen LogP contribution is 2.33. The smallest absolute Gasteiger partial charge is 0.378 e. The van der Waals surface area contributed by atoms with Crippen molar-refractivity contribution in [2.45, 2.75) is 25.3 Å². The molecule has 146 valence electrons. The van der Waals surface area contributed by atoms with E-state index >= 15 is 0 Å². The van der Waals surface area contributed by atoms with Gasteiger partial charge in [0.15, 0.2) is 5.82 Å². The summed E-state index contributed by atoms with van der Waals surface area (Å²) in [6, 6.07) is 15.3. The van der Waals surface area contributed by atoms with Crippen molar-refractivity contribution in [1.29, 1.82) is 0 Å². The Morgan fingerprint density at radius 2 is 1.71 bits per heavy atom. The van der Waals surface area contributed by atoms with Gasteiger partial charge in [-0.05, 0) is 23.8 Å². The molecule has 0 spiro atoms. The minimum absolute atomic E-state index is 0.0463. The fourth-order valence-corrected chi connectivity index (χ4v) is 3.16. The maximum atomic E-state index is 13.3. The van der Waals surface area contributed by atoms with Gasteiger partial charge in [0.05, 0.1) is 37.1 Å². The zero-order chi connectivity index (χ0) is 19.6. The molecule has 5 nitrogen and oxygen atoms in total. The van der Waals surface area contributed by atoms with E-state index in [9.17, 15) is 13.2 Å². The van der Waals surface area contributed by atoms with Crippen LogP contribution in [0.2, 0.25) is 0 Å². The number of hydrogen-bond donors (Lipinski definition) is 0. The average molecular weight is 388 g/mol. The second-order valence-electron chi connectivity index (χ2n) is 6.69. The summed E-state index contributed by atoms with van der Waals surface area (Å²) in [4.78, 5) is 6.28. The van der Waals surface area contributed by atoms with Crippen LogP contribution >= 0.6 is 0 Å². The third-order valence-electron chi connectivity index (χ3n) is 4.74. The highest BCUT2D eigenvalue weighted by Gasteiger charge is 2.35. The van der Waals surface area contributed by atoms with Gasteiger partial charge in [-0.15, -0.1) is 5.10 Å². The van der Waals surface area contributed by atoms with Crippen molar-refractivity contribution in [2.75, 3.05) is 13.2 Å². The second-order valence-corrected chi connectivity index (χ2v) is 6.69. The third kappa shape index (κ3) is 4.07. The van der Waals surface area contributed by atoms with E-state index in [0.29, 0.717) is 25.6 Å². The number of aromatic nitrogens is 3. The van der Waals surface area contributed by atoms with Gasteiger partial charge in [-0.2, -0.15) is 13.2 Å². The lowest BCUT2D eigenvalue weighted by atomic mass is 10.1. The molecular weight excluding hydrogens is 369 g/mol. The number of alkyl halides is 3. The van der Waals surface area contributed by atoms with E-state index in [0.717, 1.165) is 11.8 Å². The molecule has 2 aromatic carbocycles. The van der Waals surface area contributed by atoms with Crippen LogP contribution in [-0.4, -0.2) is 38.9 Å². The quantitative estimate of drug-likeness (QED) is 0.646. The summed E-state index contributed by atoms with van der Waals surface area (Å²) in [7, 11) is 0. The first-order valence-electron chi connectivity index (χ1n) is 8.93. The van der Waals surface area contributed by atoms with Gasteiger partial charge in [-0.25, -0.2) is 9.67 Å². The van der Waals surface area contributed by atoms with Crippen molar-refractivity contribution in [2.24, 2.45) is 0 Å². The van der Waals surface area contributed by atoms with Gasteiger partial charge in [0.1, 0.15) is 6.33 Å². The van der Waals surface area contributed by atoms with Crippen molar-refractivity contribution in [3.05, 3.63) is 77.9 Å². The van der Waals surface area contributed by atoms with Crippen LogP contribution in [0.3, 0.4) is 0 Å². The lowest BCUT2D eigenvalue weighted by Crippen LogP contribution is -2.48. The molecule has 0 bridgehead atoms. The lowest BCUT2D eigenvalue weighted by molar-refractivity contribution is -0.139. The summed E-state index contributed by atoms with van der Waals surface area (Å²) in [6.07, 6.45) is -2.77. The molecule has 3 aromatic rings. The number of halogens is 3. The first-order valence-corrected chi connectivity index (χ1v) is 8.93. The van der Waals surface area contributed by atoms with Crippen LogP contribution in [0.15, 0.2) is 60.9 Å². The van der Waals surface area contributed by atoms with Gasteiger partial charge in [0.2, 0.25) is 0 Å². The largest absolute Gasteiger partial charge is 0.416 e. The van der Waals surface area contributed by atoms with Crippen molar-refractivity contribution < 1.29 is 17.9 Å². The summed E-state index contributed by atoms with van der Waals surface area (Å²) in [6.45, 7) is 1.49. The van der Waals surface area contributed by atoms with E-state index in [1.807, 2.05) is 35.2 Å². The van der Waals surface area contributed by atoms with Crippen molar-refractivity contribution >= 4 is 0 Å². The third-order valence-corrected chi connectivity index (χ3v) is 4.74. The number of para-hydroxylation sites is 1. The lowest BCUT2D eigenvalue weighted by Gasteiger charge is -2.37. The summed E-state index contributed by atoms with van der Waals surface area (Å²) in [5, 5.41) is 4.47. The zero-order valence-corrected chi connectivity index (χ0v) is 15.0. The average Bonchev–Trinajstić information content (AvgIpc) is 3.09. The molecule has 1 aliphatic rings. The fraction of sp³-hybridized carbons (Fsp3) is 0.300. The fourth-order valence-electron chi connectivity index (χ4n) is 3.16. The molecular formula is C20H19F3N4O. The number of hydrogen-bond acceptors (Lipinski definition) is 4. The summed E-state index contributed by atoms with van der Waals surface area (Å²) < 4.78 is 46.9. The minimum atomic E-state index is -4.38. The Kier molecular flexibility index (Phi) is 5.15. The predicted molar refractivity (Wildman–Crippen MR) is 96.7 cm³/mol. The predicted octanol–water partition coefficient (Wildman–Crippen LogP) is 3.69.